The summed E-state index contributed by atoms with van der Waals surface area (Å²) in [6.45, 7) is 5.66. The van der Waals surface area contributed by atoms with Crippen molar-refractivity contribution < 1.29 is 9.59 Å². The zero-order valence-electron chi connectivity index (χ0n) is 17.9. The smallest absolute Gasteiger partial charge is 0.319 e. The van der Waals surface area contributed by atoms with Crippen molar-refractivity contribution >= 4 is 17.6 Å². The molecule has 0 bridgehead atoms. The van der Waals surface area contributed by atoms with Crippen LogP contribution in [-0.4, -0.2) is 33.2 Å². The van der Waals surface area contributed by atoms with E-state index >= 15 is 0 Å². The average Bonchev–Trinajstić information content (AvgIpc) is 3.30. The fraction of sp³-hybridized carbons (Fsp3) is 0.292. The third kappa shape index (κ3) is 4.77. The summed E-state index contributed by atoms with van der Waals surface area (Å²) >= 11 is 0. The number of amides is 3. The van der Waals surface area contributed by atoms with Gasteiger partial charge in [-0.2, -0.15) is 5.10 Å². The molecular weight excluding hydrogens is 390 g/mol. The number of carbonyl (C=O) groups is 2. The van der Waals surface area contributed by atoms with Crippen LogP contribution in [0, 0.1) is 13.8 Å². The van der Waals surface area contributed by atoms with Crippen LogP contribution in [-0.2, 0) is 17.9 Å². The summed E-state index contributed by atoms with van der Waals surface area (Å²) in [5, 5.41) is 10.4. The number of nitrogens with zero attached hydrogens (tertiary/aromatic N) is 3. The molecule has 7 heteroatoms. The fourth-order valence-corrected chi connectivity index (χ4v) is 3.91. The summed E-state index contributed by atoms with van der Waals surface area (Å²) in [5.41, 5.74) is 5.36. The van der Waals surface area contributed by atoms with Crippen LogP contribution in [0.2, 0.25) is 0 Å². The Morgan fingerprint density at radius 1 is 1.06 bits per heavy atom. The van der Waals surface area contributed by atoms with Gasteiger partial charge < -0.3 is 15.5 Å². The number of hydrogen-bond donors (Lipinski definition) is 2. The monoisotopic (exact) mass is 417 g/mol. The first-order chi connectivity index (χ1) is 15.0. The Morgan fingerprint density at radius 3 is 2.58 bits per heavy atom. The molecule has 2 heterocycles. The van der Waals surface area contributed by atoms with Crippen LogP contribution in [0.4, 0.5) is 10.5 Å². The van der Waals surface area contributed by atoms with E-state index < -0.39 is 0 Å². The number of anilines is 1. The number of aromatic nitrogens is 2. The predicted octanol–water partition coefficient (Wildman–Crippen LogP) is 3.93. The van der Waals surface area contributed by atoms with Gasteiger partial charge in [-0.3, -0.25) is 4.79 Å². The number of benzene rings is 2. The average molecular weight is 418 g/mol. The number of rotatable bonds is 6. The van der Waals surface area contributed by atoms with Gasteiger partial charge in [-0.15, -0.1) is 0 Å². The van der Waals surface area contributed by atoms with Crippen molar-refractivity contribution in [3.63, 3.8) is 0 Å². The van der Waals surface area contributed by atoms with Crippen LogP contribution in [0.3, 0.4) is 0 Å². The minimum atomic E-state index is -0.279. The number of urea groups is 1. The van der Waals surface area contributed by atoms with E-state index in [1.165, 1.54) is 0 Å². The summed E-state index contributed by atoms with van der Waals surface area (Å²) < 4.78 is 1.83. The molecule has 3 aromatic rings. The van der Waals surface area contributed by atoms with Crippen molar-refractivity contribution in [3.05, 3.63) is 77.1 Å². The Morgan fingerprint density at radius 2 is 1.84 bits per heavy atom. The molecule has 1 aliphatic rings. The van der Waals surface area contributed by atoms with Gasteiger partial charge >= 0.3 is 6.03 Å². The first-order valence-electron chi connectivity index (χ1n) is 10.5. The number of hydrogen-bond acceptors (Lipinski definition) is 3. The van der Waals surface area contributed by atoms with Gasteiger partial charge in [0.15, 0.2) is 0 Å². The number of aryl methyl sites for hydroxylation is 1. The van der Waals surface area contributed by atoms with Crippen LogP contribution >= 0.6 is 0 Å². The van der Waals surface area contributed by atoms with Gasteiger partial charge in [0, 0.05) is 26.1 Å². The van der Waals surface area contributed by atoms with Gasteiger partial charge in [0.2, 0.25) is 5.91 Å². The lowest BCUT2D eigenvalue weighted by molar-refractivity contribution is -0.128. The third-order valence-corrected chi connectivity index (χ3v) is 5.52. The van der Waals surface area contributed by atoms with E-state index in [0.29, 0.717) is 25.2 Å². The van der Waals surface area contributed by atoms with Crippen molar-refractivity contribution in [1.82, 2.24) is 20.0 Å². The maximum Gasteiger partial charge on any atom is 0.319 e. The van der Waals surface area contributed by atoms with Crippen molar-refractivity contribution in [2.45, 2.75) is 39.8 Å². The van der Waals surface area contributed by atoms with Gasteiger partial charge in [-0.25, -0.2) is 9.48 Å². The van der Waals surface area contributed by atoms with E-state index in [1.807, 2.05) is 78.0 Å². The lowest BCUT2D eigenvalue weighted by Gasteiger charge is -2.16. The van der Waals surface area contributed by atoms with E-state index in [0.717, 1.165) is 41.2 Å². The molecule has 1 aromatic heterocycles. The molecule has 0 spiro atoms. The maximum absolute atomic E-state index is 12.5. The molecule has 31 heavy (non-hydrogen) atoms. The van der Waals surface area contributed by atoms with Crippen LogP contribution in [0.5, 0.6) is 0 Å². The molecule has 0 unspecified atom stereocenters. The number of carbonyl (C=O) groups excluding carboxylic acids is 2. The summed E-state index contributed by atoms with van der Waals surface area (Å²) in [6.07, 6.45) is 1.57. The van der Waals surface area contributed by atoms with Gasteiger partial charge in [0.05, 0.1) is 22.8 Å². The number of nitrogens with one attached hydrogen (secondary N) is 2. The summed E-state index contributed by atoms with van der Waals surface area (Å²) in [6, 6.07) is 17.5. The number of para-hydroxylation sites is 1. The minimum absolute atomic E-state index is 0.213. The molecule has 4 rings (SSSR count). The lowest BCUT2D eigenvalue weighted by Crippen LogP contribution is -2.28. The quantitative estimate of drug-likeness (QED) is 0.638. The molecule has 1 aliphatic heterocycles. The van der Waals surface area contributed by atoms with Crippen LogP contribution < -0.4 is 10.6 Å². The third-order valence-electron chi connectivity index (χ3n) is 5.52. The molecule has 1 fully saturated rings. The normalized spacial score (nSPS) is 13.5. The van der Waals surface area contributed by atoms with Crippen LogP contribution in [0.15, 0.2) is 54.6 Å². The fourth-order valence-electron chi connectivity index (χ4n) is 3.91. The molecule has 1 saturated heterocycles. The summed E-state index contributed by atoms with van der Waals surface area (Å²) in [5.74, 6) is 0.213. The molecule has 0 aliphatic carbocycles. The standard InChI is InChI=1S/C24H27N5O2/c1-17-23(18(2)29(27-17)21-10-4-3-5-11-21)26-24(31)25-15-19-8-6-9-20(14-19)16-28-13-7-12-22(28)30/h3-6,8-11,14H,7,12-13,15-16H2,1-2H3,(H2,25,26,31). The molecule has 2 aromatic carbocycles. The molecule has 2 N–H and O–H groups in total. The molecule has 7 nitrogen and oxygen atoms in total. The Labute approximate surface area is 182 Å². The predicted molar refractivity (Wildman–Crippen MR) is 120 cm³/mol. The van der Waals surface area contributed by atoms with Crippen molar-refractivity contribution in [2.24, 2.45) is 0 Å². The van der Waals surface area contributed by atoms with Gasteiger partial charge in [0.25, 0.3) is 0 Å². The topological polar surface area (TPSA) is 79.3 Å². The highest BCUT2D eigenvalue weighted by Gasteiger charge is 2.20. The molecule has 3 amide bonds. The highest BCUT2D eigenvalue weighted by atomic mass is 16.2. The van der Waals surface area contributed by atoms with E-state index in [9.17, 15) is 9.59 Å². The zero-order valence-corrected chi connectivity index (χ0v) is 17.9. The molecule has 0 radical (unpaired) electrons. The molecule has 0 saturated carbocycles. The van der Waals surface area contributed by atoms with E-state index in [4.69, 9.17) is 0 Å². The highest BCUT2D eigenvalue weighted by Crippen LogP contribution is 2.22. The first kappa shape index (κ1) is 20.7. The number of likely N-dealkylation sites (tertiary alicyclic amines) is 1. The largest absolute Gasteiger partial charge is 0.338 e. The second-order valence-corrected chi connectivity index (χ2v) is 7.84. The van der Waals surface area contributed by atoms with Gasteiger partial charge in [-0.1, -0.05) is 42.5 Å². The first-order valence-corrected chi connectivity index (χ1v) is 10.5. The maximum atomic E-state index is 12.5. The minimum Gasteiger partial charge on any atom is -0.338 e. The van der Waals surface area contributed by atoms with Crippen molar-refractivity contribution in [3.8, 4) is 5.69 Å². The van der Waals surface area contributed by atoms with Gasteiger partial charge in [0.1, 0.15) is 0 Å². The SMILES string of the molecule is Cc1nn(-c2ccccc2)c(C)c1NC(=O)NCc1cccc(CN2CCCC2=O)c1. The lowest BCUT2D eigenvalue weighted by atomic mass is 10.1. The molecule has 0 atom stereocenters. The van der Waals surface area contributed by atoms with Crippen LogP contribution in [0.25, 0.3) is 5.69 Å². The molecular formula is C24H27N5O2. The van der Waals surface area contributed by atoms with Crippen molar-refractivity contribution in [2.75, 3.05) is 11.9 Å². The van der Waals surface area contributed by atoms with E-state index in [-0.39, 0.29) is 11.9 Å². The Kier molecular flexibility index (Phi) is 6.02. The van der Waals surface area contributed by atoms with Gasteiger partial charge in [-0.05, 0) is 43.5 Å². The van der Waals surface area contributed by atoms with E-state index in [2.05, 4.69) is 15.7 Å². The second-order valence-electron chi connectivity index (χ2n) is 7.84. The van der Waals surface area contributed by atoms with Crippen LogP contribution in [0.1, 0.15) is 35.4 Å². The molecule has 160 valence electrons. The Bertz CT molecular complexity index is 1090. The highest BCUT2D eigenvalue weighted by molar-refractivity contribution is 5.90. The van der Waals surface area contributed by atoms with E-state index in [1.54, 1.807) is 0 Å². The van der Waals surface area contributed by atoms with Crippen molar-refractivity contribution in [1.29, 1.82) is 0 Å². The zero-order chi connectivity index (χ0) is 21.8. The summed E-state index contributed by atoms with van der Waals surface area (Å²) in [4.78, 5) is 26.3. The Hall–Kier alpha value is -3.61. The second kappa shape index (κ2) is 9.04. The Balaban J connectivity index is 1.37. The summed E-state index contributed by atoms with van der Waals surface area (Å²) in [7, 11) is 0.